The van der Waals surface area contributed by atoms with Gasteiger partial charge in [-0.2, -0.15) is 5.10 Å². The van der Waals surface area contributed by atoms with Crippen LogP contribution in [-0.2, 0) is 7.05 Å². The molecule has 0 radical (unpaired) electrons. The highest BCUT2D eigenvalue weighted by Gasteiger charge is 2.01. The van der Waals surface area contributed by atoms with Crippen molar-refractivity contribution in [2.75, 3.05) is 6.26 Å². The maximum atomic E-state index is 4.04. The van der Waals surface area contributed by atoms with Gasteiger partial charge in [-0.3, -0.25) is 4.68 Å². The van der Waals surface area contributed by atoms with Crippen LogP contribution >= 0.6 is 27.7 Å². The van der Waals surface area contributed by atoms with Gasteiger partial charge in [-0.25, -0.2) is 0 Å². The van der Waals surface area contributed by atoms with E-state index in [2.05, 4.69) is 21.0 Å². The van der Waals surface area contributed by atoms with E-state index in [1.807, 2.05) is 18.0 Å². The summed E-state index contributed by atoms with van der Waals surface area (Å²) in [5, 5.41) is 5.20. The van der Waals surface area contributed by atoms with E-state index >= 15 is 0 Å². The SMILES string of the molecule is CSc1c(Br)cnn1C. The molecule has 1 aromatic rings. The Hall–Kier alpha value is 0.0400. The van der Waals surface area contributed by atoms with Crippen molar-refractivity contribution < 1.29 is 0 Å². The third kappa shape index (κ3) is 1.30. The fourth-order valence-electron chi connectivity index (χ4n) is 0.629. The summed E-state index contributed by atoms with van der Waals surface area (Å²) in [7, 11) is 1.93. The summed E-state index contributed by atoms with van der Waals surface area (Å²) in [4.78, 5) is 0. The summed E-state index contributed by atoms with van der Waals surface area (Å²) >= 11 is 5.06. The minimum absolute atomic E-state index is 1.07. The second-order valence-corrected chi connectivity index (χ2v) is 3.27. The highest BCUT2D eigenvalue weighted by atomic mass is 79.9. The molecule has 1 aromatic heterocycles. The standard InChI is InChI=1S/C5H7BrN2S/c1-8-5(9-2)4(6)3-7-8/h3H,1-2H3. The number of aryl methyl sites for hydroxylation is 1. The Labute approximate surface area is 66.8 Å². The molecule has 0 aromatic carbocycles. The van der Waals surface area contributed by atoms with Gasteiger partial charge < -0.3 is 0 Å². The van der Waals surface area contributed by atoms with Crippen molar-refractivity contribution in [1.29, 1.82) is 0 Å². The molecule has 0 unspecified atom stereocenters. The van der Waals surface area contributed by atoms with Crippen molar-refractivity contribution in [1.82, 2.24) is 9.78 Å². The van der Waals surface area contributed by atoms with Gasteiger partial charge in [0.15, 0.2) is 0 Å². The maximum absolute atomic E-state index is 4.04. The van der Waals surface area contributed by atoms with Crippen LogP contribution in [0.4, 0.5) is 0 Å². The Kier molecular flexibility index (Phi) is 2.18. The lowest BCUT2D eigenvalue weighted by Crippen LogP contribution is -1.90. The molecule has 0 saturated heterocycles. The van der Waals surface area contributed by atoms with Gasteiger partial charge in [0.2, 0.25) is 0 Å². The fraction of sp³-hybridized carbons (Fsp3) is 0.400. The molecule has 0 atom stereocenters. The van der Waals surface area contributed by atoms with Crippen LogP contribution in [0.25, 0.3) is 0 Å². The maximum Gasteiger partial charge on any atom is 0.108 e. The summed E-state index contributed by atoms with van der Waals surface area (Å²) in [6.07, 6.45) is 3.83. The fourth-order valence-corrected chi connectivity index (χ4v) is 2.02. The first kappa shape index (κ1) is 7.15. The summed E-state index contributed by atoms with van der Waals surface area (Å²) in [6.45, 7) is 0. The van der Waals surface area contributed by atoms with E-state index < -0.39 is 0 Å². The van der Waals surface area contributed by atoms with Crippen molar-refractivity contribution in [3.8, 4) is 0 Å². The molecule has 1 rings (SSSR count). The highest BCUT2D eigenvalue weighted by molar-refractivity contribution is 9.10. The molecule has 2 nitrogen and oxygen atoms in total. The van der Waals surface area contributed by atoms with E-state index in [1.54, 1.807) is 18.0 Å². The molecule has 1 heterocycles. The van der Waals surface area contributed by atoms with Crippen LogP contribution in [0.5, 0.6) is 0 Å². The lowest BCUT2D eigenvalue weighted by atomic mass is 10.7. The van der Waals surface area contributed by atoms with Gasteiger partial charge >= 0.3 is 0 Å². The molecule has 0 spiro atoms. The average Bonchev–Trinajstić information content (AvgIpc) is 2.12. The predicted octanol–water partition coefficient (Wildman–Crippen LogP) is 1.90. The molecule has 0 bridgehead atoms. The number of rotatable bonds is 1. The largest absolute Gasteiger partial charge is 0.261 e. The van der Waals surface area contributed by atoms with Gasteiger partial charge in [-0.1, -0.05) is 0 Å². The van der Waals surface area contributed by atoms with Crippen LogP contribution in [0.1, 0.15) is 0 Å². The van der Waals surface area contributed by atoms with Crippen molar-refractivity contribution in [2.45, 2.75) is 5.03 Å². The summed E-state index contributed by atoms with van der Waals surface area (Å²) in [5.41, 5.74) is 0. The predicted molar refractivity (Wildman–Crippen MR) is 42.7 cm³/mol. The smallest absolute Gasteiger partial charge is 0.108 e. The van der Waals surface area contributed by atoms with Gasteiger partial charge in [0, 0.05) is 7.05 Å². The Bertz CT molecular complexity index is 189. The van der Waals surface area contributed by atoms with Crippen molar-refractivity contribution in [3.63, 3.8) is 0 Å². The summed E-state index contributed by atoms with van der Waals surface area (Å²) < 4.78 is 2.91. The van der Waals surface area contributed by atoms with Gasteiger partial charge in [0.05, 0.1) is 10.7 Å². The number of hydrogen-bond donors (Lipinski definition) is 0. The minimum Gasteiger partial charge on any atom is -0.261 e. The topological polar surface area (TPSA) is 17.8 Å². The summed E-state index contributed by atoms with van der Waals surface area (Å²) in [5.74, 6) is 0. The van der Waals surface area contributed by atoms with Crippen LogP contribution in [0.3, 0.4) is 0 Å². The Morgan fingerprint density at radius 3 is 2.67 bits per heavy atom. The normalized spacial score (nSPS) is 10.1. The molecular weight excluding hydrogens is 200 g/mol. The van der Waals surface area contributed by atoms with Crippen LogP contribution in [0, 0.1) is 0 Å². The molecule has 0 fully saturated rings. The molecule has 9 heavy (non-hydrogen) atoms. The van der Waals surface area contributed by atoms with Crippen LogP contribution in [0.2, 0.25) is 0 Å². The highest BCUT2D eigenvalue weighted by Crippen LogP contribution is 2.23. The van der Waals surface area contributed by atoms with Crippen molar-refractivity contribution in [3.05, 3.63) is 10.7 Å². The molecular formula is C5H7BrN2S. The van der Waals surface area contributed by atoms with E-state index in [0.717, 1.165) is 9.50 Å². The second-order valence-electron chi connectivity index (χ2n) is 1.63. The zero-order valence-corrected chi connectivity index (χ0v) is 7.66. The molecule has 0 saturated carbocycles. The second kappa shape index (κ2) is 2.75. The first-order valence-electron chi connectivity index (χ1n) is 2.47. The lowest BCUT2D eigenvalue weighted by molar-refractivity contribution is 0.698. The van der Waals surface area contributed by atoms with Crippen LogP contribution < -0.4 is 0 Å². The average molecular weight is 207 g/mol. The third-order valence-electron chi connectivity index (χ3n) is 1.04. The first-order chi connectivity index (χ1) is 4.25. The molecule has 0 aliphatic heterocycles. The van der Waals surface area contributed by atoms with Gasteiger partial charge in [-0.15, -0.1) is 11.8 Å². The van der Waals surface area contributed by atoms with Crippen LogP contribution in [0.15, 0.2) is 15.7 Å². The molecule has 0 aliphatic carbocycles. The molecule has 4 heteroatoms. The summed E-state index contributed by atoms with van der Waals surface area (Å²) in [6, 6.07) is 0. The number of halogens is 1. The van der Waals surface area contributed by atoms with Crippen LogP contribution in [-0.4, -0.2) is 16.0 Å². The third-order valence-corrected chi connectivity index (χ3v) is 2.75. The molecule has 50 valence electrons. The molecule has 0 amide bonds. The Morgan fingerprint density at radius 1 is 1.78 bits per heavy atom. The van der Waals surface area contributed by atoms with Crippen molar-refractivity contribution in [2.24, 2.45) is 7.05 Å². The Balaban J connectivity index is 3.07. The van der Waals surface area contributed by atoms with Gasteiger partial charge in [0.25, 0.3) is 0 Å². The van der Waals surface area contributed by atoms with Gasteiger partial charge in [-0.05, 0) is 22.2 Å². The number of nitrogens with zero attached hydrogens (tertiary/aromatic N) is 2. The molecule has 0 N–H and O–H groups in total. The minimum atomic E-state index is 1.07. The zero-order valence-electron chi connectivity index (χ0n) is 5.26. The lowest BCUT2D eigenvalue weighted by Gasteiger charge is -1.94. The van der Waals surface area contributed by atoms with E-state index in [0.29, 0.717) is 0 Å². The van der Waals surface area contributed by atoms with E-state index in [1.165, 1.54) is 0 Å². The van der Waals surface area contributed by atoms with E-state index in [9.17, 15) is 0 Å². The zero-order chi connectivity index (χ0) is 6.85. The number of aromatic nitrogens is 2. The number of hydrogen-bond acceptors (Lipinski definition) is 2. The van der Waals surface area contributed by atoms with Gasteiger partial charge in [0.1, 0.15) is 5.03 Å². The monoisotopic (exact) mass is 206 g/mol. The number of thioether (sulfide) groups is 1. The van der Waals surface area contributed by atoms with Crippen molar-refractivity contribution >= 4 is 27.7 Å². The Morgan fingerprint density at radius 2 is 2.44 bits per heavy atom. The quantitative estimate of drug-likeness (QED) is 0.654. The van der Waals surface area contributed by atoms with E-state index in [4.69, 9.17) is 0 Å². The first-order valence-corrected chi connectivity index (χ1v) is 4.49. The molecule has 0 aliphatic rings. The van der Waals surface area contributed by atoms with E-state index in [-0.39, 0.29) is 0 Å².